The van der Waals surface area contributed by atoms with E-state index in [1.165, 1.54) is 0 Å². The zero-order valence-electron chi connectivity index (χ0n) is 11.4. The second kappa shape index (κ2) is 7.03. The van der Waals surface area contributed by atoms with Gasteiger partial charge >= 0.3 is 0 Å². The average molecular weight is 334 g/mol. The first-order chi connectivity index (χ1) is 9.56. The fourth-order valence-corrected chi connectivity index (χ4v) is 2.97. The molecule has 0 N–H and O–H groups in total. The molecule has 1 aromatic carbocycles. The van der Waals surface area contributed by atoms with E-state index in [0.717, 1.165) is 4.90 Å². The van der Waals surface area contributed by atoms with E-state index >= 15 is 0 Å². The van der Waals surface area contributed by atoms with Crippen LogP contribution in [0.3, 0.4) is 0 Å². The quantitative estimate of drug-likeness (QED) is 0.626. The van der Waals surface area contributed by atoms with Crippen LogP contribution in [0.2, 0.25) is 5.02 Å². The Morgan fingerprint density at radius 3 is 2.95 bits per heavy atom. The molecule has 1 aliphatic heterocycles. The van der Waals surface area contributed by atoms with E-state index in [0.29, 0.717) is 29.6 Å². The third-order valence-corrected chi connectivity index (χ3v) is 4.74. The van der Waals surface area contributed by atoms with Gasteiger partial charge in [0.25, 0.3) is 5.91 Å². The van der Waals surface area contributed by atoms with Gasteiger partial charge in [-0.2, -0.15) is 0 Å². The van der Waals surface area contributed by atoms with Crippen molar-refractivity contribution >= 4 is 40.9 Å². The van der Waals surface area contributed by atoms with E-state index in [4.69, 9.17) is 27.9 Å². The second-order valence-electron chi connectivity index (χ2n) is 4.76. The van der Waals surface area contributed by atoms with E-state index in [9.17, 15) is 4.79 Å². The summed E-state index contributed by atoms with van der Waals surface area (Å²) >= 11 is 13.6. The minimum absolute atomic E-state index is 0.0240. The van der Waals surface area contributed by atoms with Crippen molar-refractivity contribution in [2.75, 3.05) is 25.3 Å². The molecular formula is C14H17Cl2NO2S. The van der Waals surface area contributed by atoms with Crippen LogP contribution >= 0.6 is 35.0 Å². The van der Waals surface area contributed by atoms with Crippen LogP contribution in [0.4, 0.5) is 0 Å². The monoisotopic (exact) mass is 333 g/mol. The fourth-order valence-electron chi connectivity index (χ4n) is 2.14. The number of alkyl halides is 1. The van der Waals surface area contributed by atoms with Crippen LogP contribution in [0.25, 0.3) is 0 Å². The van der Waals surface area contributed by atoms with E-state index < -0.39 is 0 Å². The third-order valence-electron chi connectivity index (χ3n) is 3.34. The summed E-state index contributed by atoms with van der Waals surface area (Å²) in [5, 5.41) is 0.480. The third kappa shape index (κ3) is 3.42. The summed E-state index contributed by atoms with van der Waals surface area (Å²) in [6.07, 6.45) is 1.86. The molecule has 1 heterocycles. The molecular weight excluding hydrogens is 317 g/mol. The average Bonchev–Trinajstić information content (AvgIpc) is 2.47. The Bertz CT molecular complexity index is 498. The van der Waals surface area contributed by atoms with Crippen molar-refractivity contribution in [1.82, 2.24) is 4.90 Å². The van der Waals surface area contributed by atoms with Gasteiger partial charge in [-0.1, -0.05) is 11.6 Å². The predicted octanol–water partition coefficient (Wildman–Crippen LogP) is 3.53. The number of halogens is 2. The number of rotatable bonds is 3. The number of carbonyl (C=O) groups is 1. The summed E-state index contributed by atoms with van der Waals surface area (Å²) in [6.45, 7) is 2.97. The van der Waals surface area contributed by atoms with Crippen molar-refractivity contribution in [1.29, 1.82) is 0 Å². The number of ether oxygens (including phenoxy) is 1. The Morgan fingerprint density at radius 1 is 1.55 bits per heavy atom. The number of hydrogen-bond donors (Lipinski definition) is 0. The summed E-state index contributed by atoms with van der Waals surface area (Å²) in [4.78, 5) is 15.5. The first kappa shape index (κ1) is 16.0. The van der Waals surface area contributed by atoms with E-state index in [1.54, 1.807) is 22.7 Å². The van der Waals surface area contributed by atoms with Gasteiger partial charge in [-0.25, -0.2) is 0 Å². The molecule has 1 amide bonds. The normalized spacial score (nSPS) is 22.9. The molecule has 2 atom stereocenters. The Balaban J connectivity index is 2.25. The zero-order chi connectivity index (χ0) is 14.7. The maximum atomic E-state index is 12.7. The number of amides is 1. The van der Waals surface area contributed by atoms with Crippen LogP contribution in [0.5, 0.6) is 0 Å². The number of benzene rings is 1. The van der Waals surface area contributed by atoms with Gasteiger partial charge in [0.1, 0.15) is 0 Å². The highest BCUT2D eigenvalue weighted by Crippen LogP contribution is 2.26. The van der Waals surface area contributed by atoms with Crippen LogP contribution in [0.15, 0.2) is 23.1 Å². The molecule has 0 saturated carbocycles. The van der Waals surface area contributed by atoms with Gasteiger partial charge < -0.3 is 9.64 Å². The number of nitrogens with zero attached hydrogens (tertiary/aromatic N) is 1. The highest BCUT2D eigenvalue weighted by Gasteiger charge is 2.30. The molecule has 1 aromatic rings. The minimum Gasteiger partial charge on any atom is -0.373 e. The molecule has 0 aromatic heterocycles. The SMILES string of the molecule is CSc1ccc(Cl)c(C(=O)N2CC(CCl)OCC2C)c1. The first-order valence-electron chi connectivity index (χ1n) is 6.39. The smallest absolute Gasteiger partial charge is 0.255 e. The standard InChI is InChI=1S/C14H17Cl2NO2S/c1-9-8-19-10(6-15)7-17(9)14(18)12-5-11(20-2)3-4-13(12)16/h3-5,9-10H,6-8H2,1-2H3. The van der Waals surface area contributed by atoms with Gasteiger partial charge in [0.05, 0.1) is 35.2 Å². The van der Waals surface area contributed by atoms with Crippen LogP contribution in [0, 0.1) is 0 Å². The molecule has 1 fully saturated rings. The highest BCUT2D eigenvalue weighted by molar-refractivity contribution is 7.98. The lowest BCUT2D eigenvalue weighted by Crippen LogP contribution is -2.51. The van der Waals surface area contributed by atoms with Gasteiger partial charge in [0, 0.05) is 11.4 Å². The van der Waals surface area contributed by atoms with Crippen LogP contribution in [-0.2, 0) is 4.74 Å². The zero-order valence-corrected chi connectivity index (χ0v) is 13.8. The molecule has 1 saturated heterocycles. The van der Waals surface area contributed by atoms with E-state index in [-0.39, 0.29) is 18.1 Å². The molecule has 20 heavy (non-hydrogen) atoms. The van der Waals surface area contributed by atoms with Gasteiger partial charge in [-0.15, -0.1) is 23.4 Å². The van der Waals surface area contributed by atoms with Gasteiger partial charge in [-0.3, -0.25) is 4.79 Å². The summed E-state index contributed by atoms with van der Waals surface area (Å²) in [5.41, 5.74) is 0.542. The van der Waals surface area contributed by atoms with Crippen molar-refractivity contribution < 1.29 is 9.53 Å². The van der Waals surface area contributed by atoms with Crippen molar-refractivity contribution in [3.8, 4) is 0 Å². The molecule has 2 unspecified atom stereocenters. The summed E-state index contributed by atoms with van der Waals surface area (Å²) < 4.78 is 5.57. The summed E-state index contributed by atoms with van der Waals surface area (Å²) in [7, 11) is 0. The van der Waals surface area contributed by atoms with Crippen molar-refractivity contribution in [2.45, 2.75) is 24.0 Å². The lowest BCUT2D eigenvalue weighted by atomic mass is 10.1. The summed E-state index contributed by atoms with van der Waals surface area (Å²) in [5.74, 6) is 0.326. The number of hydrogen-bond acceptors (Lipinski definition) is 3. The van der Waals surface area contributed by atoms with Crippen molar-refractivity contribution in [2.24, 2.45) is 0 Å². The molecule has 0 bridgehead atoms. The number of thioether (sulfide) groups is 1. The molecule has 2 rings (SSSR count). The second-order valence-corrected chi connectivity index (χ2v) is 6.36. The molecule has 0 radical (unpaired) electrons. The number of morpholine rings is 1. The van der Waals surface area contributed by atoms with Crippen LogP contribution < -0.4 is 0 Å². The topological polar surface area (TPSA) is 29.5 Å². The van der Waals surface area contributed by atoms with Gasteiger partial charge in [0.2, 0.25) is 0 Å². The lowest BCUT2D eigenvalue weighted by Gasteiger charge is -2.37. The Hall–Kier alpha value is -0.420. The maximum absolute atomic E-state index is 12.7. The first-order valence-corrected chi connectivity index (χ1v) is 8.52. The van der Waals surface area contributed by atoms with Gasteiger partial charge in [-0.05, 0) is 31.4 Å². The minimum atomic E-state index is -0.112. The molecule has 0 aliphatic carbocycles. The van der Waals surface area contributed by atoms with E-state index in [1.807, 2.05) is 25.3 Å². The summed E-state index contributed by atoms with van der Waals surface area (Å²) in [6, 6.07) is 5.54. The van der Waals surface area contributed by atoms with E-state index in [2.05, 4.69) is 0 Å². The Morgan fingerprint density at radius 2 is 2.30 bits per heavy atom. The molecule has 0 spiro atoms. The van der Waals surface area contributed by atoms with Crippen LogP contribution in [-0.4, -0.2) is 48.2 Å². The molecule has 1 aliphatic rings. The van der Waals surface area contributed by atoms with Gasteiger partial charge in [0.15, 0.2) is 0 Å². The Kier molecular flexibility index (Phi) is 5.61. The van der Waals surface area contributed by atoms with Crippen molar-refractivity contribution in [3.05, 3.63) is 28.8 Å². The fraction of sp³-hybridized carbons (Fsp3) is 0.500. The molecule has 6 heteroatoms. The highest BCUT2D eigenvalue weighted by atomic mass is 35.5. The molecule has 3 nitrogen and oxygen atoms in total. The predicted molar refractivity (Wildman–Crippen MR) is 84.2 cm³/mol. The number of carbonyl (C=O) groups excluding carboxylic acids is 1. The van der Waals surface area contributed by atoms with Crippen LogP contribution in [0.1, 0.15) is 17.3 Å². The maximum Gasteiger partial charge on any atom is 0.255 e. The van der Waals surface area contributed by atoms with Crippen molar-refractivity contribution in [3.63, 3.8) is 0 Å². The largest absolute Gasteiger partial charge is 0.373 e. The lowest BCUT2D eigenvalue weighted by molar-refractivity contribution is -0.0371. The Labute approximate surface area is 133 Å². The molecule has 110 valence electrons.